The van der Waals surface area contributed by atoms with Gasteiger partial charge in [0, 0.05) is 5.92 Å². The van der Waals surface area contributed by atoms with Gasteiger partial charge < -0.3 is 4.42 Å². The first-order valence-electron chi connectivity index (χ1n) is 4.06. The summed E-state index contributed by atoms with van der Waals surface area (Å²) < 4.78 is 5.28. The molecule has 0 fully saturated rings. The SMILES string of the molecule is CC(C)c1coc(C(C)C)n1. The first kappa shape index (κ1) is 8.31. The summed E-state index contributed by atoms with van der Waals surface area (Å²) in [5.41, 5.74) is 1.05. The number of oxazole rings is 1. The van der Waals surface area contributed by atoms with Crippen molar-refractivity contribution < 1.29 is 4.42 Å². The summed E-state index contributed by atoms with van der Waals surface area (Å²) >= 11 is 0. The molecule has 0 bridgehead atoms. The van der Waals surface area contributed by atoms with Crippen LogP contribution < -0.4 is 0 Å². The van der Waals surface area contributed by atoms with Crippen LogP contribution in [0, 0.1) is 0 Å². The Morgan fingerprint density at radius 3 is 2.09 bits per heavy atom. The number of rotatable bonds is 2. The highest BCUT2D eigenvalue weighted by Crippen LogP contribution is 2.18. The number of hydrogen-bond acceptors (Lipinski definition) is 2. The molecule has 0 N–H and O–H groups in total. The van der Waals surface area contributed by atoms with Crippen LogP contribution in [0.1, 0.15) is 51.1 Å². The van der Waals surface area contributed by atoms with Crippen molar-refractivity contribution in [1.82, 2.24) is 4.98 Å². The lowest BCUT2D eigenvalue weighted by atomic mass is 10.1. The standard InChI is InChI=1S/C9H15NO/c1-6(2)8-5-11-9(10-8)7(3)4/h5-7H,1-4H3. The van der Waals surface area contributed by atoms with Crippen molar-refractivity contribution in [2.75, 3.05) is 0 Å². The zero-order valence-corrected chi connectivity index (χ0v) is 7.59. The van der Waals surface area contributed by atoms with Gasteiger partial charge in [0.05, 0.1) is 5.69 Å². The molecule has 0 amide bonds. The van der Waals surface area contributed by atoms with E-state index in [1.807, 2.05) is 0 Å². The highest BCUT2D eigenvalue weighted by Gasteiger charge is 2.09. The molecule has 0 saturated heterocycles. The third kappa shape index (κ3) is 1.82. The molecule has 1 aromatic rings. The molecule has 0 aromatic carbocycles. The average Bonchev–Trinajstić information content (AvgIpc) is 2.33. The second-order valence-corrected chi connectivity index (χ2v) is 3.42. The molecule has 0 atom stereocenters. The summed E-state index contributed by atoms with van der Waals surface area (Å²) in [6.07, 6.45) is 1.75. The van der Waals surface area contributed by atoms with Crippen molar-refractivity contribution in [3.05, 3.63) is 17.8 Å². The minimum Gasteiger partial charge on any atom is -0.448 e. The van der Waals surface area contributed by atoms with Crippen LogP contribution in [-0.2, 0) is 0 Å². The summed E-state index contributed by atoms with van der Waals surface area (Å²) in [6, 6.07) is 0. The molecule has 0 unspecified atom stereocenters. The molecule has 62 valence electrons. The van der Waals surface area contributed by atoms with Gasteiger partial charge in [-0.15, -0.1) is 0 Å². The van der Waals surface area contributed by atoms with E-state index in [0.29, 0.717) is 11.8 Å². The Labute approximate surface area is 67.6 Å². The molecule has 1 rings (SSSR count). The Kier molecular flexibility index (Phi) is 2.32. The van der Waals surface area contributed by atoms with E-state index in [4.69, 9.17) is 4.42 Å². The number of aromatic nitrogens is 1. The van der Waals surface area contributed by atoms with Crippen LogP contribution in [0.3, 0.4) is 0 Å². The Morgan fingerprint density at radius 1 is 1.18 bits per heavy atom. The van der Waals surface area contributed by atoms with Crippen LogP contribution in [0.25, 0.3) is 0 Å². The zero-order chi connectivity index (χ0) is 8.43. The van der Waals surface area contributed by atoms with Crippen molar-refractivity contribution in [2.24, 2.45) is 0 Å². The smallest absolute Gasteiger partial charge is 0.196 e. The minimum absolute atomic E-state index is 0.391. The Bertz CT molecular complexity index is 203. The molecule has 1 aromatic heterocycles. The maximum atomic E-state index is 5.28. The largest absolute Gasteiger partial charge is 0.448 e. The van der Waals surface area contributed by atoms with Gasteiger partial charge in [0.2, 0.25) is 0 Å². The van der Waals surface area contributed by atoms with Crippen LogP contribution in [0.2, 0.25) is 0 Å². The monoisotopic (exact) mass is 153 g/mol. The predicted molar refractivity (Wildman–Crippen MR) is 44.7 cm³/mol. The molecule has 0 radical (unpaired) electrons. The van der Waals surface area contributed by atoms with Crippen molar-refractivity contribution in [3.63, 3.8) is 0 Å². The number of hydrogen-bond donors (Lipinski definition) is 0. The average molecular weight is 153 g/mol. The van der Waals surface area contributed by atoms with Crippen LogP contribution in [0.5, 0.6) is 0 Å². The van der Waals surface area contributed by atoms with E-state index < -0.39 is 0 Å². The fourth-order valence-electron chi connectivity index (χ4n) is 0.831. The van der Waals surface area contributed by atoms with E-state index in [1.54, 1.807) is 6.26 Å². The van der Waals surface area contributed by atoms with Crippen LogP contribution in [-0.4, -0.2) is 4.98 Å². The second-order valence-electron chi connectivity index (χ2n) is 3.42. The molecule has 0 spiro atoms. The van der Waals surface area contributed by atoms with E-state index in [0.717, 1.165) is 11.6 Å². The van der Waals surface area contributed by atoms with Gasteiger partial charge in [0.1, 0.15) is 6.26 Å². The third-order valence-corrected chi connectivity index (χ3v) is 1.63. The summed E-state index contributed by atoms with van der Waals surface area (Å²) in [6.45, 7) is 8.38. The lowest BCUT2D eigenvalue weighted by molar-refractivity contribution is 0.470. The molecule has 0 aliphatic rings. The second kappa shape index (κ2) is 3.07. The van der Waals surface area contributed by atoms with E-state index in [1.165, 1.54) is 0 Å². The first-order valence-corrected chi connectivity index (χ1v) is 4.06. The van der Waals surface area contributed by atoms with Gasteiger partial charge in [-0.05, 0) is 5.92 Å². The Morgan fingerprint density at radius 2 is 1.82 bits per heavy atom. The molecule has 0 aliphatic heterocycles. The fourth-order valence-corrected chi connectivity index (χ4v) is 0.831. The Hall–Kier alpha value is -0.790. The van der Waals surface area contributed by atoms with Crippen molar-refractivity contribution in [2.45, 2.75) is 39.5 Å². The molecule has 2 nitrogen and oxygen atoms in total. The summed E-state index contributed by atoms with van der Waals surface area (Å²) in [5, 5.41) is 0. The fraction of sp³-hybridized carbons (Fsp3) is 0.667. The highest BCUT2D eigenvalue weighted by molar-refractivity contribution is 5.03. The van der Waals surface area contributed by atoms with Crippen LogP contribution in [0.15, 0.2) is 10.7 Å². The van der Waals surface area contributed by atoms with E-state index in [9.17, 15) is 0 Å². The highest BCUT2D eigenvalue weighted by atomic mass is 16.3. The molecule has 0 saturated carbocycles. The molecule has 1 heterocycles. The first-order chi connectivity index (χ1) is 5.11. The summed E-state index contributed by atoms with van der Waals surface area (Å²) in [4.78, 5) is 4.34. The van der Waals surface area contributed by atoms with Crippen molar-refractivity contribution >= 4 is 0 Å². The summed E-state index contributed by atoms with van der Waals surface area (Å²) in [7, 11) is 0. The molecule has 0 aliphatic carbocycles. The van der Waals surface area contributed by atoms with E-state index in [-0.39, 0.29) is 0 Å². The maximum absolute atomic E-state index is 5.28. The minimum atomic E-state index is 0.391. The van der Waals surface area contributed by atoms with Gasteiger partial charge in [0.15, 0.2) is 5.89 Å². The van der Waals surface area contributed by atoms with Crippen LogP contribution in [0.4, 0.5) is 0 Å². The van der Waals surface area contributed by atoms with Gasteiger partial charge in [-0.25, -0.2) is 4.98 Å². The van der Waals surface area contributed by atoms with E-state index in [2.05, 4.69) is 32.7 Å². The van der Waals surface area contributed by atoms with Gasteiger partial charge >= 0.3 is 0 Å². The summed E-state index contributed by atoms with van der Waals surface area (Å²) in [5.74, 6) is 1.70. The van der Waals surface area contributed by atoms with E-state index >= 15 is 0 Å². The molecular formula is C9H15NO. The lowest BCUT2D eigenvalue weighted by Crippen LogP contribution is -1.90. The molecule has 11 heavy (non-hydrogen) atoms. The van der Waals surface area contributed by atoms with Crippen molar-refractivity contribution in [3.8, 4) is 0 Å². The number of nitrogens with zero attached hydrogens (tertiary/aromatic N) is 1. The van der Waals surface area contributed by atoms with Gasteiger partial charge in [0.25, 0.3) is 0 Å². The zero-order valence-electron chi connectivity index (χ0n) is 7.59. The molecular weight excluding hydrogens is 138 g/mol. The topological polar surface area (TPSA) is 26.0 Å². The van der Waals surface area contributed by atoms with Crippen LogP contribution >= 0.6 is 0 Å². The molecule has 2 heteroatoms. The normalized spacial score (nSPS) is 11.5. The lowest BCUT2D eigenvalue weighted by Gasteiger charge is -1.96. The Balaban J connectivity index is 2.82. The third-order valence-electron chi connectivity index (χ3n) is 1.63. The van der Waals surface area contributed by atoms with Gasteiger partial charge in [-0.1, -0.05) is 27.7 Å². The van der Waals surface area contributed by atoms with Crippen molar-refractivity contribution in [1.29, 1.82) is 0 Å². The quantitative estimate of drug-likeness (QED) is 0.653. The predicted octanol–water partition coefficient (Wildman–Crippen LogP) is 2.92. The van der Waals surface area contributed by atoms with Gasteiger partial charge in [-0.3, -0.25) is 0 Å². The van der Waals surface area contributed by atoms with Gasteiger partial charge in [-0.2, -0.15) is 0 Å². The maximum Gasteiger partial charge on any atom is 0.196 e.